The number of aromatic nitrogens is 3. The summed E-state index contributed by atoms with van der Waals surface area (Å²) in [5.74, 6) is -0.347. The van der Waals surface area contributed by atoms with Crippen LogP contribution in [0, 0.1) is 11.3 Å². The Morgan fingerprint density at radius 2 is 1.81 bits per heavy atom. The van der Waals surface area contributed by atoms with Crippen LogP contribution in [0.4, 0.5) is 5.82 Å². The second-order valence-electron chi connectivity index (χ2n) is 5.86. The Morgan fingerprint density at radius 3 is 2.44 bits per heavy atom. The number of esters is 1. The van der Waals surface area contributed by atoms with Gasteiger partial charge in [0.1, 0.15) is 16.9 Å². The van der Waals surface area contributed by atoms with Gasteiger partial charge in [-0.1, -0.05) is 12.1 Å². The van der Waals surface area contributed by atoms with Crippen LogP contribution >= 0.6 is 0 Å². The first-order valence-corrected chi connectivity index (χ1v) is 8.38. The molecule has 0 fully saturated rings. The zero-order valence-corrected chi connectivity index (χ0v) is 14.5. The van der Waals surface area contributed by atoms with E-state index in [2.05, 4.69) is 16.0 Å². The molecule has 7 nitrogen and oxygen atoms in total. The first kappa shape index (κ1) is 16.5. The number of ether oxygens (including phenoxy) is 1. The molecule has 0 aliphatic rings. The number of nitrogens with zero attached hydrogens (tertiary/aromatic N) is 4. The Morgan fingerprint density at radius 1 is 1.15 bits per heavy atom. The summed E-state index contributed by atoms with van der Waals surface area (Å²) < 4.78 is 6.83. The fourth-order valence-corrected chi connectivity index (χ4v) is 3.01. The zero-order valence-electron chi connectivity index (χ0n) is 14.5. The largest absolute Gasteiger partial charge is 0.462 e. The number of hydrogen-bond acceptors (Lipinski definition) is 6. The summed E-state index contributed by atoms with van der Waals surface area (Å²) in [6.45, 7) is 1.96. The van der Waals surface area contributed by atoms with Gasteiger partial charge in [0.25, 0.3) is 0 Å². The molecule has 0 aliphatic carbocycles. The van der Waals surface area contributed by atoms with Gasteiger partial charge in [-0.3, -0.25) is 4.57 Å². The number of nitrogens with two attached hydrogens (primary N) is 1. The van der Waals surface area contributed by atoms with Gasteiger partial charge in [0.15, 0.2) is 5.65 Å². The normalized spacial score (nSPS) is 10.8. The fourth-order valence-electron chi connectivity index (χ4n) is 3.01. The van der Waals surface area contributed by atoms with Crippen molar-refractivity contribution in [2.24, 2.45) is 0 Å². The standard InChI is InChI=1S/C20H15N5O2/c1-2-27-20(26)16-17-19(24-15-6-4-3-5-14(15)23-17)25(18(16)22)13-9-7-12(11-21)8-10-13/h3-10H,2,22H2,1H3. The predicted octanol–water partition coefficient (Wildman–Crippen LogP) is 3.20. The lowest BCUT2D eigenvalue weighted by atomic mass is 10.2. The number of benzene rings is 2. The molecule has 0 radical (unpaired) electrons. The summed E-state index contributed by atoms with van der Waals surface area (Å²) in [5, 5.41) is 9.01. The van der Waals surface area contributed by atoms with Gasteiger partial charge in [0.05, 0.1) is 29.3 Å². The van der Waals surface area contributed by atoms with Crippen molar-refractivity contribution in [1.29, 1.82) is 5.26 Å². The van der Waals surface area contributed by atoms with Crippen LogP contribution in [0.25, 0.3) is 27.9 Å². The third-order valence-corrected chi connectivity index (χ3v) is 4.23. The van der Waals surface area contributed by atoms with Gasteiger partial charge in [-0.2, -0.15) is 5.26 Å². The lowest BCUT2D eigenvalue weighted by Gasteiger charge is -2.08. The summed E-state index contributed by atoms with van der Waals surface area (Å²) in [5.41, 5.74) is 9.91. The van der Waals surface area contributed by atoms with Gasteiger partial charge in [-0.25, -0.2) is 14.8 Å². The van der Waals surface area contributed by atoms with Crippen molar-refractivity contribution in [3.8, 4) is 11.8 Å². The number of para-hydroxylation sites is 2. The van der Waals surface area contributed by atoms with E-state index in [9.17, 15) is 4.79 Å². The van der Waals surface area contributed by atoms with E-state index in [1.165, 1.54) is 0 Å². The van der Waals surface area contributed by atoms with E-state index in [-0.39, 0.29) is 18.0 Å². The van der Waals surface area contributed by atoms with E-state index in [1.807, 2.05) is 24.3 Å². The molecule has 0 aliphatic heterocycles. The van der Waals surface area contributed by atoms with Gasteiger partial charge >= 0.3 is 5.97 Å². The van der Waals surface area contributed by atoms with E-state index < -0.39 is 5.97 Å². The Balaban J connectivity index is 2.07. The minimum Gasteiger partial charge on any atom is -0.462 e. The molecule has 0 bridgehead atoms. The second kappa shape index (κ2) is 6.42. The maximum Gasteiger partial charge on any atom is 0.344 e. The maximum absolute atomic E-state index is 12.5. The van der Waals surface area contributed by atoms with Crippen LogP contribution in [0.5, 0.6) is 0 Å². The summed E-state index contributed by atoms with van der Waals surface area (Å²) in [7, 11) is 0. The maximum atomic E-state index is 12.5. The topological polar surface area (TPSA) is 107 Å². The van der Waals surface area contributed by atoms with Gasteiger partial charge in [-0.05, 0) is 43.3 Å². The van der Waals surface area contributed by atoms with Crippen LogP contribution in [0.1, 0.15) is 22.8 Å². The Labute approximate surface area is 154 Å². The van der Waals surface area contributed by atoms with Crippen molar-refractivity contribution < 1.29 is 9.53 Å². The molecule has 4 rings (SSSR count). The number of carbonyl (C=O) groups is 1. The molecule has 2 aromatic heterocycles. The Bertz CT molecular complexity index is 1220. The Kier molecular flexibility index (Phi) is 3.94. The second-order valence-corrected chi connectivity index (χ2v) is 5.86. The summed E-state index contributed by atoms with van der Waals surface area (Å²) in [6.07, 6.45) is 0. The highest BCUT2D eigenvalue weighted by atomic mass is 16.5. The van der Waals surface area contributed by atoms with Crippen LogP contribution in [0.3, 0.4) is 0 Å². The monoisotopic (exact) mass is 357 g/mol. The molecule has 0 amide bonds. The average molecular weight is 357 g/mol. The van der Waals surface area contributed by atoms with Crippen LogP contribution in [-0.4, -0.2) is 27.1 Å². The number of rotatable bonds is 3. The molecule has 4 aromatic rings. The first-order valence-electron chi connectivity index (χ1n) is 8.38. The predicted molar refractivity (Wildman–Crippen MR) is 101 cm³/mol. The molecule has 2 heterocycles. The highest BCUT2D eigenvalue weighted by Crippen LogP contribution is 2.31. The highest BCUT2D eigenvalue weighted by molar-refractivity contribution is 6.09. The molecule has 0 saturated carbocycles. The van der Waals surface area contributed by atoms with Crippen molar-refractivity contribution in [1.82, 2.24) is 14.5 Å². The summed E-state index contributed by atoms with van der Waals surface area (Å²) in [6, 6.07) is 16.3. The van der Waals surface area contributed by atoms with E-state index >= 15 is 0 Å². The lowest BCUT2D eigenvalue weighted by Crippen LogP contribution is -2.09. The van der Waals surface area contributed by atoms with E-state index in [0.29, 0.717) is 33.4 Å². The lowest BCUT2D eigenvalue weighted by molar-refractivity contribution is 0.0529. The molecule has 27 heavy (non-hydrogen) atoms. The molecular formula is C20H15N5O2. The number of carbonyl (C=O) groups excluding carboxylic acids is 1. The number of fused-ring (bicyclic) bond motifs is 2. The molecule has 2 aromatic carbocycles. The molecule has 7 heteroatoms. The van der Waals surface area contributed by atoms with Gasteiger partial charge < -0.3 is 10.5 Å². The van der Waals surface area contributed by atoms with E-state index in [1.54, 1.807) is 35.8 Å². The van der Waals surface area contributed by atoms with Crippen LogP contribution in [-0.2, 0) is 4.74 Å². The number of anilines is 1. The quantitative estimate of drug-likeness (QED) is 0.564. The first-order chi connectivity index (χ1) is 13.1. The third-order valence-electron chi connectivity index (χ3n) is 4.23. The van der Waals surface area contributed by atoms with Gasteiger partial charge in [0, 0.05) is 5.69 Å². The molecule has 2 N–H and O–H groups in total. The molecular weight excluding hydrogens is 342 g/mol. The van der Waals surface area contributed by atoms with Crippen molar-refractivity contribution in [3.63, 3.8) is 0 Å². The van der Waals surface area contributed by atoms with Gasteiger partial charge in [-0.15, -0.1) is 0 Å². The van der Waals surface area contributed by atoms with E-state index in [0.717, 1.165) is 0 Å². The van der Waals surface area contributed by atoms with Crippen molar-refractivity contribution in [3.05, 3.63) is 59.7 Å². The highest BCUT2D eigenvalue weighted by Gasteiger charge is 2.25. The summed E-state index contributed by atoms with van der Waals surface area (Å²) >= 11 is 0. The number of nitriles is 1. The third kappa shape index (κ3) is 2.64. The van der Waals surface area contributed by atoms with Crippen molar-refractivity contribution >= 4 is 34.0 Å². The number of nitrogen functional groups attached to an aromatic ring is 1. The molecule has 0 unspecified atom stereocenters. The number of hydrogen-bond donors (Lipinski definition) is 1. The van der Waals surface area contributed by atoms with Crippen LogP contribution in [0.2, 0.25) is 0 Å². The fraction of sp³-hybridized carbons (Fsp3) is 0.100. The molecule has 0 spiro atoms. The minimum absolute atomic E-state index is 0.189. The van der Waals surface area contributed by atoms with Crippen LogP contribution < -0.4 is 5.73 Å². The van der Waals surface area contributed by atoms with Gasteiger partial charge in [0.2, 0.25) is 0 Å². The SMILES string of the molecule is CCOC(=O)c1c(N)n(-c2ccc(C#N)cc2)c2nc3ccccc3nc12. The smallest absolute Gasteiger partial charge is 0.344 e. The minimum atomic E-state index is -0.544. The van der Waals surface area contributed by atoms with Crippen LogP contribution in [0.15, 0.2) is 48.5 Å². The molecule has 132 valence electrons. The van der Waals surface area contributed by atoms with E-state index in [4.69, 9.17) is 15.7 Å². The zero-order chi connectivity index (χ0) is 19.0. The average Bonchev–Trinajstić information content (AvgIpc) is 2.97. The van der Waals surface area contributed by atoms with Crippen molar-refractivity contribution in [2.45, 2.75) is 6.92 Å². The molecule has 0 atom stereocenters. The Hall–Kier alpha value is -3.92. The summed E-state index contributed by atoms with van der Waals surface area (Å²) in [4.78, 5) is 21.8. The molecule has 0 saturated heterocycles. The van der Waals surface area contributed by atoms with Crippen molar-refractivity contribution in [2.75, 3.05) is 12.3 Å².